The highest BCUT2D eigenvalue weighted by atomic mass is 35.5. The van der Waals surface area contributed by atoms with Crippen LogP contribution in [0.1, 0.15) is 55.6 Å². The Labute approximate surface area is 111 Å². The zero-order chi connectivity index (χ0) is 13.3. The molecule has 2 nitrogen and oxygen atoms in total. The minimum absolute atomic E-state index is 0.0241. The van der Waals surface area contributed by atoms with Crippen molar-refractivity contribution in [3.05, 3.63) is 22.2 Å². The molecule has 0 saturated heterocycles. The molecule has 1 aromatic heterocycles. The molecule has 0 aliphatic heterocycles. The molecular weight excluding hydrogens is 258 g/mol. The molecule has 1 heterocycles. The van der Waals surface area contributed by atoms with Crippen LogP contribution in [-0.4, -0.2) is 15.9 Å². The zero-order valence-electron chi connectivity index (χ0n) is 10.6. The molecule has 1 saturated carbocycles. The molecule has 0 bridgehead atoms. The molecule has 0 radical (unpaired) electrons. The summed E-state index contributed by atoms with van der Waals surface area (Å²) >= 11 is 6.05. The van der Waals surface area contributed by atoms with Crippen molar-refractivity contribution in [2.75, 3.05) is 0 Å². The van der Waals surface area contributed by atoms with E-state index in [1.165, 1.54) is 0 Å². The van der Waals surface area contributed by atoms with Crippen LogP contribution in [-0.2, 0) is 6.42 Å². The SMILES string of the molecule is CCc1nc(C2CCCC(F)(F)C2)nc(Cl)c1C. The molecule has 0 N–H and O–H groups in total. The second-order valence-electron chi connectivity index (χ2n) is 4.95. The summed E-state index contributed by atoms with van der Waals surface area (Å²) in [5.74, 6) is -2.37. The fraction of sp³-hybridized carbons (Fsp3) is 0.692. The highest BCUT2D eigenvalue weighted by molar-refractivity contribution is 6.30. The molecule has 1 fully saturated rings. The minimum Gasteiger partial charge on any atom is -0.237 e. The van der Waals surface area contributed by atoms with Gasteiger partial charge in [-0.1, -0.05) is 18.5 Å². The van der Waals surface area contributed by atoms with E-state index in [9.17, 15) is 8.78 Å². The molecule has 100 valence electrons. The maximum absolute atomic E-state index is 13.4. The number of aromatic nitrogens is 2. The third kappa shape index (κ3) is 2.79. The van der Waals surface area contributed by atoms with Gasteiger partial charge in [-0.25, -0.2) is 18.7 Å². The van der Waals surface area contributed by atoms with Gasteiger partial charge in [-0.15, -0.1) is 0 Å². The van der Waals surface area contributed by atoms with Crippen LogP contribution in [0.25, 0.3) is 0 Å². The van der Waals surface area contributed by atoms with Crippen molar-refractivity contribution in [2.24, 2.45) is 0 Å². The van der Waals surface area contributed by atoms with Crippen LogP contribution in [0.5, 0.6) is 0 Å². The first-order valence-electron chi connectivity index (χ1n) is 6.33. The molecule has 1 aliphatic rings. The van der Waals surface area contributed by atoms with Crippen molar-refractivity contribution in [2.45, 2.75) is 57.8 Å². The fourth-order valence-electron chi connectivity index (χ4n) is 2.47. The van der Waals surface area contributed by atoms with Crippen molar-refractivity contribution in [1.29, 1.82) is 0 Å². The lowest BCUT2D eigenvalue weighted by molar-refractivity contribution is -0.0417. The Morgan fingerprint density at radius 3 is 2.72 bits per heavy atom. The number of aryl methyl sites for hydroxylation is 1. The van der Waals surface area contributed by atoms with Gasteiger partial charge in [0.1, 0.15) is 11.0 Å². The van der Waals surface area contributed by atoms with Gasteiger partial charge in [0.2, 0.25) is 5.92 Å². The van der Waals surface area contributed by atoms with Gasteiger partial charge in [0.05, 0.1) is 0 Å². The van der Waals surface area contributed by atoms with Gasteiger partial charge < -0.3 is 0 Å². The number of halogens is 3. The molecule has 2 rings (SSSR count). The van der Waals surface area contributed by atoms with E-state index in [2.05, 4.69) is 9.97 Å². The van der Waals surface area contributed by atoms with Gasteiger partial charge in [0.25, 0.3) is 0 Å². The third-order valence-corrected chi connectivity index (χ3v) is 3.91. The van der Waals surface area contributed by atoms with Crippen LogP contribution < -0.4 is 0 Å². The van der Waals surface area contributed by atoms with E-state index in [0.717, 1.165) is 24.1 Å². The lowest BCUT2D eigenvalue weighted by Crippen LogP contribution is -2.26. The van der Waals surface area contributed by atoms with Gasteiger partial charge in [0.15, 0.2) is 0 Å². The summed E-state index contributed by atoms with van der Waals surface area (Å²) in [5.41, 5.74) is 1.71. The predicted octanol–water partition coefficient (Wildman–Crippen LogP) is 4.29. The number of alkyl halides is 2. The molecule has 1 aliphatic carbocycles. The molecule has 1 aromatic rings. The van der Waals surface area contributed by atoms with Crippen molar-refractivity contribution < 1.29 is 8.78 Å². The summed E-state index contributed by atoms with van der Waals surface area (Å²) in [5, 5.41) is 0.394. The summed E-state index contributed by atoms with van der Waals surface area (Å²) in [4.78, 5) is 8.60. The Balaban J connectivity index is 2.30. The summed E-state index contributed by atoms with van der Waals surface area (Å²) in [7, 11) is 0. The monoisotopic (exact) mass is 274 g/mol. The predicted molar refractivity (Wildman–Crippen MR) is 67.3 cm³/mol. The molecule has 0 aromatic carbocycles. The van der Waals surface area contributed by atoms with Crippen LogP contribution in [0.2, 0.25) is 5.15 Å². The van der Waals surface area contributed by atoms with E-state index in [4.69, 9.17) is 11.6 Å². The molecule has 1 atom stereocenters. The van der Waals surface area contributed by atoms with E-state index in [-0.39, 0.29) is 18.8 Å². The largest absolute Gasteiger partial charge is 0.248 e. The quantitative estimate of drug-likeness (QED) is 0.752. The Morgan fingerprint density at radius 2 is 2.11 bits per heavy atom. The van der Waals surface area contributed by atoms with Gasteiger partial charge >= 0.3 is 0 Å². The highest BCUT2D eigenvalue weighted by Gasteiger charge is 2.38. The lowest BCUT2D eigenvalue weighted by atomic mass is 9.86. The maximum atomic E-state index is 13.4. The van der Waals surface area contributed by atoms with Crippen molar-refractivity contribution in [3.63, 3.8) is 0 Å². The van der Waals surface area contributed by atoms with Gasteiger partial charge in [-0.05, 0) is 26.2 Å². The number of nitrogens with zero attached hydrogens (tertiary/aromatic N) is 2. The second-order valence-corrected chi connectivity index (χ2v) is 5.31. The van der Waals surface area contributed by atoms with Gasteiger partial charge in [-0.3, -0.25) is 0 Å². The summed E-state index contributed by atoms with van der Waals surface area (Å²) < 4.78 is 26.8. The Kier molecular flexibility index (Phi) is 3.85. The smallest absolute Gasteiger partial charge is 0.237 e. The number of rotatable bonds is 2. The highest BCUT2D eigenvalue weighted by Crippen LogP contribution is 2.41. The molecule has 0 amide bonds. The lowest BCUT2D eigenvalue weighted by Gasteiger charge is -2.28. The van der Waals surface area contributed by atoms with Crippen LogP contribution in [0.4, 0.5) is 8.78 Å². The minimum atomic E-state index is -2.59. The van der Waals surface area contributed by atoms with Crippen LogP contribution in [0, 0.1) is 6.92 Å². The van der Waals surface area contributed by atoms with Crippen LogP contribution >= 0.6 is 11.6 Å². The molecule has 18 heavy (non-hydrogen) atoms. The molecule has 1 unspecified atom stereocenters. The fourth-order valence-corrected chi connectivity index (χ4v) is 2.67. The standard InChI is InChI=1S/C13H17ClF2N2/c1-3-10-8(2)11(14)18-12(17-10)9-5-4-6-13(15,16)7-9/h9H,3-7H2,1-2H3. The van der Waals surface area contributed by atoms with E-state index in [1.54, 1.807) is 0 Å². The first-order valence-corrected chi connectivity index (χ1v) is 6.71. The first kappa shape index (κ1) is 13.7. The maximum Gasteiger partial charge on any atom is 0.248 e. The topological polar surface area (TPSA) is 25.8 Å². The molecule has 5 heteroatoms. The molecular formula is C13H17ClF2N2. The van der Waals surface area contributed by atoms with E-state index < -0.39 is 5.92 Å². The van der Waals surface area contributed by atoms with E-state index in [0.29, 0.717) is 17.4 Å². The van der Waals surface area contributed by atoms with Crippen LogP contribution in [0.15, 0.2) is 0 Å². The van der Waals surface area contributed by atoms with E-state index >= 15 is 0 Å². The number of hydrogen-bond acceptors (Lipinski definition) is 2. The summed E-state index contributed by atoms with van der Waals surface area (Å²) in [6.07, 6.45) is 1.80. The Hall–Kier alpha value is -0.770. The van der Waals surface area contributed by atoms with E-state index in [1.807, 2.05) is 13.8 Å². The van der Waals surface area contributed by atoms with Crippen molar-refractivity contribution >= 4 is 11.6 Å². The Bertz CT molecular complexity index is 449. The van der Waals surface area contributed by atoms with Crippen molar-refractivity contribution in [1.82, 2.24) is 9.97 Å². The summed E-state index contributed by atoms with van der Waals surface area (Å²) in [6, 6.07) is 0. The van der Waals surface area contributed by atoms with Crippen LogP contribution in [0.3, 0.4) is 0 Å². The first-order chi connectivity index (χ1) is 8.43. The average Bonchev–Trinajstić information content (AvgIpc) is 2.31. The summed E-state index contributed by atoms with van der Waals surface area (Å²) in [6.45, 7) is 3.84. The number of hydrogen-bond donors (Lipinski definition) is 0. The average molecular weight is 275 g/mol. The molecule has 0 spiro atoms. The van der Waals surface area contributed by atoms with Gasteiger partial charge in [-0.2, -0.15) is 0 Å². The normalized spacial score (nSPS) is 23.1. The van der Waals surface area contributed by atoms with Crippen molar-refractivity contribution in [3.8, 4) is 0 Å². The zero-order valence-corrected chi connectivity index (χ0v) is 11.4. The van der Waals surface area contributed by atoms with Gasteiger partial charge in [0, 0.05) is 30.0 Å². The second kappa shape index (κ2) is 5.08. The Morgan fingerprint density at radius 1 is 1.39 bits per heavy atom. The third-order valence-electron chi connectivity index (χ3n) is 3.54.